The summed E-state index contributed by atoms with van der Waals surface area (Å²) >= 11 is 0. The number of hydrogen-bond acceptors (Lipinski definition) is 3. The Kier molecular flexibility index (Phi) is 4.45. The number of carbonyl (C=O) groups excluding carboxylic acids is 1. The summed E-state index contributed by atoms with van der Waals surface area (Å²) in [4.78, 5) is 15.0. The van der Waals surface area contributed by atoms with Gasteiger partial charge in [0.05, 0.1) is 12.3 Å². The Labute approximate surface area is 111 Å². The lowest BCUT2D eigenvalue weighted by Gasteiger charge is -2.36. The second kappa shape index (κ2) is 5.32. The van der Waals surface area contributed by atoms with Crippen molar-refractivity contribution in [1.29, 1.82) is 0 Å². The van der Waals surface area contributed by atoms with Gasteiger partial charge in [0, 0.05) is 0 Å². The molecule has 18 heavy (non-hydrogen) atoms. The zero-order valence-electron chi connectivity index (χ0n) is 12.2. The number of aldehydes is 1. The molecule has 0 N–H and O–H groups in total. The van der Waals surface area contributed by atoms with Gasteiger partial charge < -0.3 is 4.43 Å². The van der Waals surface area contributed by atoms with Crippen molar-refractivity contribution in [2.45, 2.75) is 52.4 Å². The molecule has 1 aromatic heterocycles. The monoisotopic (exact) mass is 265 g/mol. The van der Waals surface area contributed by atoms with Crippen LogP contribution in [0.4, 0.5) is 0 Å². The molecular weight excluding hydrogens is 242 g/mol. The number of aromatic nitrogens is 1. The first-order valence-electron chi connectivity index (χ1n) is 6.23. The van der Waals surface area contributed by atoms with E-state index in [0.29, 0.717) is 12.3 Å². The predicted octanol–water partition coefficient (Wildman–Crippen LogP) is 3.72. The number of aryl methyl sites for hydroxylation is 1. The number of pyridine rings is 1. The summed E-state index contributed by atoms with van der Waals surface area (Å²) in [7, 11) is -1.77. The Morgan fingerprint density at radius 1 is 1.33 bits per heavy atom. The normalized spacial score (nSPS) is 12.6. The van der Waals surface area contributed by atoms with Crippen LogP contribution in [-0.2, 0) is 11.0 Å². The minimum atomic E-state index is -1.77. The van der Waals surface area contributed by atoms with E-state index in [4.69, 9.17) is 4.43 Å². The van der Waals surface area contributed by atoms with Crippen LogP contribution >= 0.6 is 0 Å². The van der Waals surface area contributed by atoms with Crippen LogP contribution in [-0.4, -0.2) is 19.6 Å². The standard InChI is InChI=1S/C14H23NO2Si/c1-11-7-8-12(9-16)15-13(11)10-17-18(5,6)14(2,3)4/h7-9H,10H2,1-6H3. The molecule has 1 heterocycles. The minimum absolute atomic E-state index is 0.184. The molecule has 0 amide bonds. The summed E-state index contributed by atoms with van der Waals surface area (Å²) in [6.45, 7) is 13.5. The fourth-order valence-corrected chi connectivity index (χ4v) is 2.20. The van der Waals surface area contributed by atoms with E-state index in [1.54, 1.807) is 6.07 Å². The molecule has 0 unspecified atom stereocenters. The maximum atomic E-state index is 10.7. The molecule has 0 bridgehead atoms. The van der Waals surface area contributed by atoms with E-state index in [1.807, 2.05) is 13.0 Å². The summed E-state index contributed by atoms with van der Waals surface area (Å²) in [5, 5.41) is 0.184. The highest BCUT2D eigenvalue weighted by Gasteiger charge is 2.37. The molecule has 3 nitrogen and oxygen atoms in total. The Morgan fingerprint density at radius 2 is 1.94 bits per heavy atom. The van der Waals surface area contributed by atoms with E-state index in [1.165, 1.54) is 0 Å². The van der Waals surface area contributed by atoms with Crippen molar-refractivity contribution in [3.05, 3.63) is 29.1 Å². The lowest BCUT2D eigenvalue weighted by Crippen LogP contribution is -2.40. The van der Waals surface area contributed by atoms with Crippen molar-refractivity contribution in [3.8, 4) is 0 Å². The number of nitrogens with zero attached hydrogens (tertiary/aromatic N) is 1. The van der Waals surface area contributed by atoms with Crippen molar-refractivity contribution >= 4 is 14.6 Å². The van der Waals surface area contributed by atoms with Crippen molar-refractivity contribution in [2.75, 3.05) is 0 Å². The van der Waals surface area contributed by atoms with Crippen LogP contribution in [0, 0.1) is 6.92 Å². The molecule has 0 atom stereocenters. The van der Waals surface area contributed by atoms with Crippen molar-refractivity contribution in [1.82, 2.24) is 4.98 Å². The topological polar surface area (TPSA) is 39.2 Å². The summed E-state index contributed by atoms with van der Waals surface area (Å²) in [6, 6.07) is 3.65. The van der Waals surface area contributed by atoms with Crippen LogP contribution in [0.1, 0.15) is 42.5 Å². The third-order valence-corrected chi connectivity index (χ3v) is 8.20. The van der Waals surface area contributed by atoms with E-state index >= 15 is 0 Å². The second-order valence-electron chi connectivity index (χ2n) is 6.17. The molecule has 0 saturated heterocycles. The average molecular weight is 265 g/mol. The van der Waals surface area contributed by atoms with Crippen LogP contribution in [0.15, 0.2) is 12.1 Å². The third-order valence-electron chi connectivity index (χ3n) is 3.72. The van der Waals surface area contributed by atoms with E-state index in [0.717, 1.165) is 17.5 Å². The molecule has 0 spiro atoms. The molecule has 0 aromatic carbocycles. The van der Waals surface area contributed by atoms with Crippen LogP contribution in [0.2, 0.25) is 18.1 Å². The Hall–Kier alpha value is -1.00. The smallest absolute Gasteiger partial charge is 0.192 e. The fourth-order valence-electron chi connectivity index (χ4n) is 1.26. The number of rotatable bonds is 4. The second-order valence-corrected chi connectivity index (χ2v) is 11.0. The van der Waals surface area contributed by atoms with Gasteiger partial charge in [-0.1, -0.05) is 26.8 Å². The molecule has 0 radical (unpaired) electrons. The molecule has 0 saturated carbocycles. The summed E-state index contributed by atoms with van der Waals surface area (Å²) < 4.78 is 6.12. The maximum absolute atomic E-state index is 10.7. The van der Waals surface area contributed by atoms with Crippen LogP contribution in [0.25, 0.3) is 0 Å². The highest BCUT2D eigenvalue weighted by molar-refractivity contribution is 6.74. The van der Waals surface area contributed by atoms with Gasteiger partial charge in [0.25, 0.3) is 0 Å². The van der Waals surface area contributed by atoms with E-state index in [9.17, 15) is 4.79 Å². The lowest BCUT2D eigenvalue weighted by molar-refractivity contribution is 0.111. The van der Waals surface area contributed by atoms with Gasteiger partial charge in [0.2, 0.25) is 0 Å². The van der Waals surface area contributed by atoms with Gasteiger partial charge in [-0.3, -0.25) is 4.79 Å². The quantitative estimate of drug-likeness (QED) is 0.615. The van der Waals surface area contributed by atoms with Crippen LogP contribution < -0.4 is 0 Å². The number of hydrogen-bond donors (Lipinski definition) is 0. The first-order valence-corrected chi connectivity index (χ1v) is 9.14. The van der Waals surface area contributed by atoms with Gasteiger partial charge in [0.1, 0.15) is 5.69 Å². The lowest BCUT2D eigenvalue weighted by atomic mass is 10.2. The molecular formula is C14H23NO2Si. The SMILES string of the molecule is Cc1ccc(C=O)nc1CO[Si](C)(C)C(C)(C)C. The van der Waals surface area contributed by atoms with Crippen molar-refractivity contribution < 1.29 is 9.22 Å². The first-order chi connectivity index (χ1) is 8.17. The third kappa shape index (κ3) is 3.49. The van der Waals surface area contributed by atoms with Crippen molar-refractivity contribution in [2.24, 2.45) is 0 Å². The maximum Gasteiger partial charge on any atom is 0.192 e. The molecule has 100 valence electrons. The van der Waals surface area contributed by atoms with Gasteiger partial charge in [-0.15, -0.1) is 0 Å². The van der Waals surface area contributed by atoms with E-state index < -0.39 is 8.32 Å². The zero-order valence-corrected chi connectivity index (χ0v) is 13.2. The highest BCUT2D eigenvalue weighted by atomic mass is 28.4. The molecule has 0 aliphatic carbocycles. The summed E-state index contributed by atoms with van der Waals surface area (Å²) in [6.07, 6.45) is 0.773. The molecule has 1 aromatic rings. The van der Waals surface area contributed by atoms with E-state index in [2.05, 4.69) is 38.8 Å². The first kappa shape index (κ1) is 15.1. The molecule has 0 aliphatic heterocycles. The molecule has 0 fully saturated rings. The largest absolute Gasteiger partial charge is 0.411 e. The fraction of sp³-hybridized carbons (Fsp3) is 0.571. The minimum Gasteiger partial charge on any atom is -0.411 e. The molecule has 4 heteroatoms. The summed E-state index contributed by atoms with van der Waals surface area (Å²) in [5.74, 6) is 0. The Balaban J connectivity index is 2.83. The van der Waals surface area contributed by atoms with Gasteiger partial charge in [-0.2, -0.15) is 0 Å². The van der Waals surface area contributed by atoms with E-state index in [-0.39, 0.29) is 5.04 Å². The number of carbonyl (C=O) groups is 1. The molecule has 1 rings (SSSR count). The van der Waals surface area contributed by atoms with Gasteiger partial charge in [0.15, 0.2) is 14.6 Å². The zero-order chi connectivity index (χ0) is 14.0. The van der Waals surface area contributed by atoms with Gasteiger partial charge in [-0.25, -0.2) is 4.98 Å². The molecule has 0 aliphatic rings. The Morgan fingerprint density at radius 3 is 2.44 bits per heavy atom. The predicted molar refractivity (Wildman–Crippen MR) is 76.3 cm³/mol. The summed E-state index contributed by atoms with van der Waals surface area (Å²) in [5.41, 5.74) is 2.40. The van der Waals surface area contributed by atoms with Gasteiger partial charge in [-0.05, 0) is 36.7 Å². The van der Waals surface area contributed by atoms with Crippen LogP contribution in [0.5, 0.6) is 0 Å². The highest BCUT2D eigenvalue weighted by Crippen LogP contribution is 2.37. The average Bonchev–Trinajstić information content (AvgIpc) is 2.26. The van der Waals surface area contributed by atoms with Crippen molar-refractivity contribution in [3.63, 3.8) is 0 Å². The Bertz CT molecular complexity index is 436. The van der Waals surface area contributed by atoms with Crippen LogP contribution in [0.3, 0.4) is 0 Å². The van der Waals surface area contributed by atoms with Gasteiger partial charge >= 0.3 is 0 Å².